The van der Waals surface area contributed by atoms with Crippen LogP contribution in [0.2, 0.25) is 0 Å². The van der Waals surface area contributed by atoms with Gasteiger partial charge in [-0.05, 0) is 25.1 Å². The van der Waals surface area contributed by atoms with Gasteiger partial charge < -0.3 is 20.4 Å². The number of aromatic nitrogens is 1. The molecule has 1 fully saturated rings. The van der Waals surface area contributed by atoms with E-state index < -0.39 is 0 Å². The summed E-state index contributed by atoms with van der Waals surface area (Å²) in [6, 6.07) is 4.72. The van der Waals surface area contributed by atoms with Crippen molar-refractivity contribution in [3.05, 3.63) is 24.0 Å². The Bertz CT molecular complexity index is 329. The van der Waals surface area contributed by atoms with Gasteiger partial charge in [0, 0.05) is 36.4 Å². The molecular weight excluding hydrogens is 226 g/mol. The minimum atomic E-state index is 0.153. The van der Waals surface area contributed by atoms with E-state index in [4.69, 9.17) is 4.74 Å². The standard InChI is InChI=1S/C14H25N3O/c1-14(2,13-4-3-6-17-13)11-15-7-5-12-10-18-9-8-16-12/h3-4,6,12,15-17H,5,7-11H2,1-2H3. The molecule has 0 amide bonds. The number of hydrogen-bond donors (Lipinski definition) is 3. The van der Waals surface area contributed by atoms with Crippen LogP contribution in [0.1, 0.15) is 26.0 Å². The summed E-state index contributed by atoms with van der Waals surface area (Å²) in [4.78, 5) is 3.30. The number of morpholine rings is 1. The summed E-state index contributed by atoms with van der Waals surface area (Å²) in [5.74, 6) is 0. The number of nitrogens with one attached hydrogen (secondary N) is 3. The van der Waals surface area contributed by atoms with Crippen LogP contribution in [0.25, 0.3) is 0 Å². The molecule has 0 radical (unpaired) electrons. The minimum absolute atomic E-state index is 0.153. The van der Waals surface area contributed by atoms with Gasteiger partial charge in [0.2, 0.25) is 0 Å². The first kappa shape index (κ1) is 13.6. The van der Waals surface area contributed by atoms with Gasteiger partial charge in [0.15, 0.2) is 0 Å². The topological polar surface area (TPSA) is 49.1 Å². The van der Waals surface area contributed by atoms with E-state index >= 15 is 0 Å². The lowest BCUT2D eigenvalue weighted by atomic mass is 9.89. The number of rotatable bonds is 6. The van der Waals surface area contributed by atoms with Crippen LogP contribution >= 0.6 is 0 Å². The molecule has 1 atom stereocenters. The summed E-state index contributed by atoms with van der Waals surface area (Å²) in [7, 11) is 0. The Morgan fingerprint density at radius 3 is 3.06 bits per heavy atom. The van der Waals surface area contributed by atoms with Crippen LogP contribution in [0.5, 0.6) is 0 Å². The van der Waals surface area contributed by atoms with Gasteiger partial charge >= 0.3 is 0 Å². The normalized spacial score (nSPS) is 21.1. The van der Waals surface area contributed by atoms with Gasteiger partial charge in [-0.25, -0.2) is 0 Å². The Hall–Kier alpha value is -0.840. The molecule has 0 spiro atoms. The zero-order valence-corrected chi connectivity index (χ0v) is 11.5. The number of ether oxygens (including phenoxy) is 1. The van der Waals surface area contributed by atoms with E-state index in [0.717, 1.165) is 39.3 Å². The second-order valence-electron chi connectivity index (χ2n) is 5.66. The van der Waals surface area contributed by atoms with Crippen molar-refractivity contribution in [1.82, 2.24) is 15.6 Å². The van der Waals surface area contributed by atoms with Crippen molar-refractivity contribution in [2.75, 3.05) is 32.8 Å². The quantitative estimate of drug-likeness (QED) is 0.667. The molecule has 1 unspecified atom stereocenters. The predicted molar refractivity (Wildman–Crippen MR) is 73.9 cm³/mol. The Kier molecular flexibility index (Phi) is 4.80. The van der Waals surface area contributed by atoms with Gasteiger partial charge in [-0.15, -0.1) is 0 Å². The van der Waals surface area contributed by atoms with Crippen LogP contribution < -0.4 is 10.6 Å². The molecule has 3 N–H and O–H groups in total. The largest absolute Gasteiger partial charge is 0.379 e. The summed E-state index contributed by atoms with van der Waals surface area (Å²) < 4.78 is 5.44. The van der Waals surface area contributed by atoms with Crippen molar-refractivity contribution >= 4 is 0 Å². The van der Waals surface area contributed by atoms with Gasteiger partial charge in [-0.1, -0.05) is 13.8 Å². The highest BCUT2D eigenvalue weighted by Crippen LogP contribution is 2.19. The summed E-state index contributed by atoms with van der Waals surface area (Å²) >= 11 is 0. The fraction of sp³-hybridized carbons (Fsp3) is 0.714. The maximum atomic E-state index is 5.44. The van der Waals surface area contributed by atoms with Crippen LogP contribution in [-0.2, 0) is 10.2 Å². The molecule has 2 rings (SSSR count). The lowest BCUT2D eigenvalue weighted by Gasteiger charge is -2.26. The molecule has 0 bridgehead atoms. The SMILES string of the molecule is CC(C)(CNCCC1COCCN1)c1ccc[nH]1. The molecule has 1 aromatic rings. The molecule has 102 valence electrons. The zero-order valence-electron chi connectivity index (χ0n) is 11.5. The Labute approximate surface area is 109 Å². The van der Waals surface area contributed by atoms with E-state index in [1.165, 1.54) is 5.69 Å². The van der Waals surface area contributed by atoms with Crippen LogP contribution in [0.15, 0.2) is 18.3 Å². The van der Waals surface area contributed by atoms with E-state index in [2.05, 4.69) is 41.6 Å². The molecule has 1 aromatic heterocycles. The first-order valence-electron chi connectivity index (χ1n) is 6.84. The molecule has 0 saturated carbocycles. The molecule has 1 aliphatic rings. The van der Waals surface area contributed by atoms with Crippen LogP contribution in [0.4, 0.5) is 0 Å². The van der Waals surface area contributed by atoms with Crippen molar-refractivity contribution in [2.24, 2.45) is 0 Å². The molecule has 4 nitrogen and oxygen atoms in total. The summed E-state index contributed by atoms with van der Waals surface area (Å²) in [6.45, 7) is 9.22. The van der Waals surface area contributed by atoms with Crippen molar-refractivity contribution in [2.45, 2.75) is 31.7 Å². The highest BCUT2D eigenvalue weighted by molar-refractivity contribution is 5.15. The lowest BCUT2D eigenvalue weighted by molar-refractivity contribution is 0.0742. The second-order valence-corrected chi connectivity index (χ2v) is 5.66. The van der Waals surface area contributed by atoms with Crippen molar-refractivity contribution in [1.29, 1.82) is 0 Å². The fourth-order valence-corrected chi connectivity index (χ4v) is 2.33. The van der Waals surface area contributed by atoms with Crippen molar-refractivity contribution < 1.29 is 4.74 Å². The van der Waals surface area contributed by atoms with Crippen molar-refractivity contribution in [3.63, 3.8) is 0 Å². The second kappa shape index (κ2) is 6.36. The Balaban J connectivity index is 1.65. The molecule has 18 heavy (non-hydrogen) atoms. The van der Waals surface area contributed by atoms with Gasteiger partial charge in [0.05, 0.1) is 13.2 Å². The van der Waals surface area contributed by atoms with E-state index in [1.807, 2.05) is 6.20 Å². The maximum absolute atomic E-state index is 5.44. The summed E-state index contributed by atoms with van der Waals surface area (Å²) in [6.07, 6.45) is 3.11. The minimum Gasteiger partial charge on any atom is -0.379 e. The molecule has 0 aromatic carbocycles. The Morgan fingerprint density at radius 1 is 1.50 bits per heavy atom. The van der Waals surface area contributed by atoms with Crippen LogP contribution in [0, 0.1) is 0 Å². The monoisotopic (exact) mass is 251 g/mol. The molecule has 0 aliphatic carbocycles. The first-order valence-corrected chi connectivity index (χ1v) is 6.84. The molecular formula is C14H25N3O. The third kappa shape index (κ3) is 3.83. The summed E-state index contributed by atoms with van der Waals surface area (Å²) in [5.41, 5.74) is 1.44. The maximum Gasteiger partial charge on any atom is 0.0620 e. The first-order chi connectivity index (χ1) is 8.68. The number of aromatic amines is 1. The van der Waals surface area contributed by atoms with Gasteiger partial charge in [0.25, 0.3) is 0 Å². The third-order valence-corrected chi connectivity index (χ3v) is 3.56. The Morgan fingerprint density at radius 2 is 2.39 bits per heavy atom. The third-order valence-electron chi connectivity index (χ3n) is 3.56. The summed E-state index contributed by atoms with van der Waals surface area (Å²) in [5, 5.41) is 7.02. The number of H-pyrrole nitrogens is 1. The highest BCUT2D eigenvalue weighted by atomic mass is 16.5. The van der Waals surface area contributed by atoms with Crippen LogP contribution in [-0.4, -0.2) is 43.9 Å². The van der Waals surface area contributed by atoms with Crippen molar-refractivity contribution in [3.8, 4) is 0 Å². The molecule has 4 heteroatoms. The number of hydrogen-bond acceptors (Lipinski definition) is 3. The zero-order chi connectivity index (χ0) is 12.8. The van der Waals surface area contributed by atoms with Crippen LogP contribution in [0.3, 0.4) is 0 Å². The molecule has 2 heterocycles. The van der Waals surface area contributed by atoms with E-state index in [-0.39, 0.29) is 5.41 Å². The lowest BCUT2D eigenvalue weighted by Crippen LogP contribution is -2.43. The van der Waals surface area contributed by atoms with Gasteiger partial charge in [-0.3, -0.25) is 0 Å². The fourth-order valence-electron chi connectivity index (χ4n) is 2.33. The van der Waals surface area contributed by atoms with E-state index in [9.17, 15) is 0 Å². The van der Waals surface area contributed by atoms with E-state index in [0.29, 0.717) is 6.04 Å². The smallest absolute Gasteiger partial charge is 0.0620 e. The molecule has 1 saturated heterocycles. The van der Waals surface area contributed by atoms with Gasteiger partial charge in [0.1, 0.15) is 0 Å². The average molecular weight is 251 g/mol. The average Bonchev–Trinajstić information content (AvgIpc) is 2.91. The highest BCUT2D eigenvalue weighted by Gasteiger charge is 2.21. The molecule has 1 aliphatic heterocycles. The van der Waals surface area contributed by atoms with Gasteiger partial charge in [-0.2, -0.15) is 0 Å². The predicted octanol–water partition coefficient (Wildman–Crippen LogP) is 1.26. The van der Waals surface area contributed by atoms with E-state index in [1.54, 1.807) is 0 Å².